The number of rotatable bonds is 5. The molecule has 0 aliphatic carbocycles. The number of esters is 1. The molecule has 0 bridgehead atoms. The number of ketones is 2. The van der Waals surface area contributed by atoms with Gasteiger partial charge in [0.05, 0.1) is 19.3 Å². The average Bonchev–Trinajstić information content (AvgIpc) is 2.66. The van der Waals surface area contributed by atoms with E-state index in [4.69, 9.17) is 9.47 Å². The molecule has 7 nitrogen and oxygen atoms in total. The highest BCUT2D eigenvalue weighted by atomic mass is 16.6. The normalized spacial score (nSPS) is 14.8. The van der Waals surface area contributed by atoms with Crippen molar-refractivity contribution in [3.05, 3.63) is 57.9 Å². The van der Waals surface area contributed by atoms with Crippen LogP contribution in [0.4, 0.5) is 4.79 Å². The Morgan fingerprint density at radius 1 is 0.931 bits per heavy atom. The van der Waals surface area contributed by atoms with Crippen molar-refractivity contribution in [2.24, 2.45) is 0 Å². The van der Waals surface area contributed by atoms with Gasteiger partial charge in [0.25, 0.3) is 0 Å². The van der Waals surface area contributed by atoms with Crippen molar-refractivity contribution >= 4 is 23.6 Å². The van der Waals surface area contributed by atoms with Crippen LogP contribution in [0.15, 0.2) is 46.8 Å². The van der Waals surface area contributed by atoms with Gasteiger partial charge in [-0.05, 0) is 52.3 Å². The summed E-state index contributed by atoms with van der Waals surface area (Å²) >= 11 is 0. The summed E-state index contributed by atoms with van der Waals surface area (Å²) in [7, 11) is 1.29. The number of allylic oxidation sites excluding steroid dienone is 4. The minimum Gasteiger partial charge on any atom is -0.465 e. The first-order valence-corrected chi connectivity index (χ1v) is 9.24. The predicted octanol–water partition coefficient (Wildman–Crippen LogP) is 3.75. The molecule has 0 radical (unpaired) electrons. The third-order valence-corrected chi connectivity index (χ3v) is 4.90. The van der Waals surface area contributed by atoms with Crippen LogP contribution in [-0.2, 0) is 19.1 Å². The molecular formula is C22H25NO6. The van der Waals surface area contributed by atoms with Gasteiger partial charge in [0.15, 0.2) is 11.6 Å². The molecule has 2 rings (SSSR count). The van der Waals surface area contributed by atoms with Crippen LogP contribution in [0.25, 0.3) is 0 Å². The fourth-order valence-corrected chi connectivity index (χ4v) is 3.70. The third kappa shape index (κ3) is 4.13. The summed E-state index contributed by atoms with van der Waals surface area (Å²) < 4.78 is 9.83. The molecule has 0 saturated carbocycles. The Balaban J connectivity index is 2.71. The van der Waals surface area contributed by atoms with Gasteiger partial charge >= 0.3 is 12.1 Å². The van der Waals surface area contributed by atoms with Crippen LogP contribution >= 0.6 is 0 Å². The zero-order valence-electron chi connectivity index (χ0n) is 17.5. The molecule has 1 aliphatic heterocycles. The van der Waals surface area contributed by atoms with Gasteiger partial charge in [0.1, 0.15) is 0 Å². The summed E-state index contributed by atoms with van der Waals surface area (Å²) in [5, 5.41) is 0. The standard InChI is InChI=1S/C22H25NO6/c1-7-29-22(27)23-12(2)18(14(4)24)20(19(13(23)3)15(5)25)16-8-10-17(11-9-16)21(26)28-6/h8-11,20H,7H2,1-6H3. The Hall–Kier alpha value is -3.22. The second-order valence-electron chi connectivity index (χ2n) is 6.69. The molecule has 0 unspecified atom stereocenters. The van der Waals surface area contributed by atoms with E-state index in [0.717, 1.165) is 0 Å². The van der Waals surface area contributed by atoms with Gasteiger partial charge in [0.2, 0.25) is 0 Å². The van der Waals surface area contributed by atoms with Gasteiger partial charge in [-0.1, -0.05) is 12.1 Å². The Morgan fingerprint density at radius 2 is 1.41 bits per heavy atom. The fourth-order valence-electron chi connectivity index (χ4n) is 3.70. The van der Waals surface area contributed by atoms with Crippen LogP contribution in [-0.4, -0.2) is 42.2 Å². The van der Waals surface area contributed by atoms with Crippen molar-refractivity contribution in [2.75, 3.05) is 13.7 Å². The minimum absolute atomic E-state index is 0.166. The third-order valence-electron chi connectivity index (χ3n) is 4.90. The monoisotopic (exact) mass is 399 g/mol. The maximum Gasteiger partial charge on any atom is 0.418 e. The molecule has 0 spiro atoms. The first kappa shape index (κ1) is 22.1. The topological polar surface area (TPSA) is 90.0 Å². The quantitative estimate of drug-likeness (QED) is 0.701. The van der Waals surface area contributed by atoms with Crippen LogP contribution in [0.3, 0.4) is 0 Å². The largest absolute Gasteiger partial charge is 0.465 e. The lowest BCUT2D eigenvalue weighted by atomic mass is 9.77. The second kappa shape index (κ2) is 8.86. The molecule has 0 aromatic heterocycles. The first-order chi connectivity index (χ1) is 13.6. The smallest absolute Gasteiger partial charge is 0.418 e. The van der Waals surface area contributed by atoms with Crippen LogP contribution in [0.2, 0.25) is 0 Å². The summed E-state index contributed by atoms with van der Waals surface area (Å²) in [6, 6.07) is 6.53. The Labute approximate surface area is 170 Å². The number of hydrogen-bond acceptors (Lipinski definition) is 6. The van der Waals surface area contributed by atoms with Crippen LogP contribution in [0.1, 0.15) is 56.5 Å². The zero-order chi connectivity index (χ0) is 21.9. The molecule has 29 heavy (non-hydrogen) atoms. The molecule has 154 valence electrons. The molecular weight excluding hydrogens is 374 g/mol. The van der Waals surface area contributed by atoms with Crippen molar-refractivity contribution < 1.29 is 28.7 Å². The summed E-state index contributed by atoms with van der Waals surface area (Å²) in [5.41, 5.74) is 2.52. The average molecular weight is 399 g/mol. The molecule has 1 aromatic rings. The van der Waals surface area contributed by atoms with E-state index in [-0.39, 0.29) is 18.2 Å². The first-order valence-electron chi connectivity index (χ1n) is 9.24. The van der Waals surface area contributed by atoms with Gasteiger partial charge in [-0.3, -0.25) is 14.5 Å². The number of ether oxygens (including phenoxy) is 2. The van der Waals surface area contributed by atoms with Crippen molar-refractivity contribution in [3.8, 4) is 0 Å². The highest BCUT2D eigenvalue weighted by Gasteiger charge is 2.39. The molecule has 1 heterocycles. The SMILES string of the molecule is CCOC(=O)N1C(C)=C(C(C)=O)C(c2ccc(C(=O)OC)cc2)C(C(C)=O)=C1C. The molecule has 0 N–H and O–H groups in total. The molecule has 1 aliphatic rings. The number of carbonyl (C=O) groups excluding carboxylic acids is 4. The summed E-state index contributed by atoms with van der Waals surface area (Å²) in [4.78, 5) is 50.7. The Morgan fingerprint density at radius 3 is 1.79 bits per heavy atom. The number of amides is 1. The Bertz CT molecular complexity index is 885. The van der Waals surface area contributed by atoms with E-state index in [9.17, 15) is 19.2 Å². The van der Waals surface area contributed by atoms with Crippen LogP contribution in [0, 0.1) is 0 Å². The van der Waals surface area contributed by atoms with E-state index in [2.05, 4.69) is 0 Å². The van der Waals surface area contributed by atoms with E-state index < -0.39 is 18.0 Å². The van der Waals surface area contributed by atoms with Gasteiger partial charge in [-0.25, -0.2) is 9.59 Å². The Kier molecular flexibility index (Phi) is 6.74. The van der Waals surface area contributed by atoms with E-state index in [1.54, 1.807) is 45.0 Å². The van der Waals surface area contributed by atoms with Gasteiger partial charge in [-0.2, -0.15) is 0 Å². The number of carbonyl (C=O) groups is 4. The highest BCUT2D eigenvalue weighted by molar-refractivity contribution is 6.04. The summed E-state index contributed by atoms with van der Waals surface area (Å²) in [6.07, 6.45) is -0.639. The molecule has 1 amide bonds. The molecule has 0 fully saturated rings. The van der Waals surface area contributed by atoms with Crippen LogP contribution < -0.4 is 0 Å². The minimum atomic E-state index is -0.651. The predicted molar refractivity (Wildman–Crippen MR) is 106 cm³/mol. The number of benzene rings is 1. The zero-order valence-corrected chi connectivity index (χ0v) is 17.5. The number of methoxy groups -OCH3 is 1. The van der Waals surface area contributed by atoms with Crippen molar-refractivity contribution in [3.63, 3.8) is 0 Å². The van der Waals surface area contributed by atoms with Gasteiger partial charge in [-0.15, -0.1) is 0 Å². The number of Topliss-reactive ketones (excluding diaryl/α,β-unsaturated/α-hetero) is 2. The van der Waals surface area contributed by atoms with E-state index in [0.29, 0.717) is 33.7 Å². The molecule has 1 aromatic carbocycles. The highest BCUT2D eigenvalue weighted by Crippen LogP contribution is 2.42. The van der Waals surface area contributed by atoms with Crippen molar-refractivity contribution in [1.29, 1.82) is 0 Å². The van der Waals surface area contributed by atoms with Crippen molar-refractivity contribution in [2.45, 2.75) is 40.5 Å². The van der Waals surface area contributed by atoms with E-state index >= 15 is 0 Å². The van der Waals surface area contributed by atoms with E-state index in [1.165, 1.54) is 25.9 Å². The summed E-state index contributed by atoms with van der Waals surface area (Å²) in [5.74, 6) is -1.65. The van der Waals surface area contributed by atoms with Crippen LogP contribution in [0.5, 0.6) is 0 Å². The fraction of sp³-hybridized carbons (Fsp3) is 0.364. The molecule has 0 saturated heterocycles. The lowest BCUT2D eigenvalue weighted by Crippen LogP contribution is -2.37. The summed E-state index contributed by atoms with van der Waals surface area (Å²) in [6.45, 7) is 7.96. The van der Waals surface area contributed by atoms with Gasteiger partial charge in [0, 0.05) is 28.5 Å². The van der Waals surface area contributed by atoms with Crippen molar-refractivity contribution in [1.82, 2.24) is 4.90 Å². The number of hydrogen-bond donors (Lipinski definition) is 0. The molecule has 0 atom stereocenters. The van der Waals surface area contributed by atoms with E-state index in [1.807, 2.05) is 0 Å². The lowest BCUT2D eigenvalue weighted by molar-refractivity contribution is -0.114. The second-order valence-corrected chi connectivity index (χ2v) is 6.69. The van der Waals surface area contributed by atoms with Gasteiger partial charge < -0.3 is 9.47 Å². The lowest BCUT2D eigenvalue weighted by Gasteiger charge is -2.36. The number of nitrogens with zero attached hydrogens (tertiary/aromatic N) is 1. The molecule has 7 heteroatoms. The maximum atomic E-state index is 12.6. The maximum absolute atomic E-state index is 12.6.